The van der Waals surface area contributed by atoms with Crippen LogP contribution in [-0.4, -0.2) is 5.12 Å². The summed E-state index contributed by atoms with van der Waals surface area (Å²) in [4.78, 5) is 10.9. The lowest BCUT2D eigenvalue weighted by Gasteiger charge is -2.04. The van der Waals surface area contributed by atoms with Gasteiger partial charge in [0.25, 0.3) is 0 Å². The fraction of sp³-hybridized carbons (Fsp3) is 0.857. The largest absolute Gasteiger partial charge is 0.286 e. The molecule has 17 heavy (non-hydrogen) atoms. The van der Waals surface area contributed by atoms with Gasteiger partial charge in [0.1, 0.15) is 5.92 Å². The molecule has 0 radical (unpaired) electrons. The summed E-state index contributed by atoms with van der Waals surface area (Å²) in [6.07, 6.45) is 12.0. The summed E-state index contributed by atoms with van der Waals surface area (Å²) in [7, 11) is 0. The minimum absolute atomic E-state index is 0.285. The van der Waals surface area contributed by atoms with E-state index < -0.39 is 5.92 Å². The van der Waals surface area contributed by atoms with Crippen LogP contribution >= 0.6 is 12.6 Å². The molecule has 0 spiro atoms. The van der Waals surface area contributed by atoms with Crippen molar-refractivity contribution >= 4 is 17.7 Å². The molecule has 0 bridgehead atoms. The first-order chi connectivity index (χ1) is 8.22. The number of thiol groups is 1. The van der Waals surface area contributed by atoms with Gasteiger partial charge in [-0.05, 0) is 6.42 Å². The molecule has 0 aliphatic carbocycles. The number of hydrogen-bond donors (Lipinski definition) is 1. The second-order valence-electron chi connectivity index (χ2n) is 4.64. The summed E-state index contributed by atoms with van der Waals surface area (Å²) in [5.74, 6) is -0.497. The van der Waals surface area contributed by atoms with E-state index in [1.54, 1.807) is 0 Å². The molecule has 1 unspecified atom stereocenters. The van der Waals surface area contributed by atoms with Crippen molar-refractivity contribution in [3.05, 3.63) is 0 Å². The highest BCUT2D eigenvalue weighted by Crippen LogP contribution is 2.14. The number of carbonyl (C=O) groups excluding carboxylic acids is 1. The monoisotopic (exact) mass is 255 g/mol. The Hall–Kier alpha value is -0.490. The van der Waals surface area contributed by atoms with Gasteiger partial charge in [-0.2, -0.15) is 5.26 Å². The maximum absolute atomic E-state index is 10.9. The number of rotatable bonds is 11. The summed E-state index contributed by atoms with van der Waals surface area (Å²) < 4.78 is 0. The third kappa shape index (κ3) is 10.4. The Morgan fingerprint density at radius 1 is 1.06 bits per heavy atom. The average Bonchev–Trinajstić information content (AvgIpc) is 2.31. The lowest BCUT2D eigenvalue weighted by atomic mass is 10.0. The lowest BCUT2D eigenvalue weighted by Crippen LogP contribution is -2.05. The third-order valence-electron chi connectivity index (χ3n) is 3.05. The Balaban J connectivity index is 3.24. The molecule has 0 aromatic rings. The van der Waals surface area contributed by atoms with Crippen LogP contribution in [0.1, 0.15) is 71.1 Å². The van der Waals surface area contributed by atoms with Gasteiger partial charge in [0, 0.05) is 0 Å². The standard InChI is InChI=1S/C14H25NOS/c1-2-3-4-5-6-7-8-9-10-11-13(12-15)14(16)17/h13H,2-11H2,1H3,(H,16,17). The van der Waals surface area contributed by atoms with Gasteiger partial charge in [-0.25, -0.2) is 0 Å². The number of nitriles is 1. The third-order valence-corrected chi connectivity index (χ3v) is 3.36. The van der Waals surface area contributed by atoms with Crippen molar-refractivity contribution in [2.24, 2.45) is 5.92 Å². The minimum Gasteiger partial charge on any atom is -0.286 e. The van der Waals surface area contributed by atoms with Gasteiger partial charge in [0.05, 0.1) is 6.07 Å². The van der Waals surface area contributed by atoms with Gasteiger partial charge >= 0.3 is 0 Å². The van der Waals surface area contributed by atoms with Gasteiger partial charge in [-0.3, -0.25) is 4.79 Å². The van der Waals surface area contributed by atoms with Gasteiger partial charge in [-0.15, -0.1) is 12.6 Å². The molecule has 0 rings (SSSR count). The Labute approximate surface area is 111 Å². The second-order valence-corrected chi connectivity index (χ2v) is 5.08. The molecular formula is C14H25NOS. The van der Waals surface area contributed by atoms with Crippen LogP contribution in [0.15, 0.2) is 0 Å². The van der Waals surface area contributed by atoms with Crippen LogP contribution in [-0.2, 0) is 4.79 Å². The van der Waals surface area contributed by atoms with E-state index in [9.17, 15) is 4.79 Å². The summed E-state index contributed by atoms with van der Waals surface area (Å²) in [5, 5.41) is 8.41. The zero-order valence-electron chi connectivity index (χ0n) is 11.0. The fourth-order valence-corrected chi connectivity index (χ4v) is 2.09. The normalized spacial score (nSPS) is 12.1. The SMILES string of the molecule is CCCCCCCCCCCC(C#N)C(=O)S. The molecule has 0 N–H and O–H groups in total. The maximum atomic E-state index is 10.9. The molecule has 0 heterocycles. The number of carbonyl (C=O) groups is 1. The Bertz CT molecular complexity index is 235. The molecule has 0 saturated carbocycles. The molecular weight excluding hydrogens is 230 g/mol. The molecule has 0 aliphatic heterocycles. The van der Waals surface area contributed by atoms with Crippen molar-refractivity contribution in [1.82, 2.24) is 0 Å². The molecule has 0 saturated heterocycles. The van der Waals surface area contributed by atoms with E-state index in [2.05, 4.69) is 19.6 Å². The zero-order valence-corrected chi connectivity index (χ0v) is 11.8. The maximum Gasteiger partial charge on any atom is 0.203 e. The first-order valence-electron chi connectivity index (χ1n) is 6.84. The van der Waals surface area contributed by atoms with Crippen LogP contribution < -0.4 is 0 Å². The molecule has 98 valence electrons. The first-order valence-corrected chi connectivity index (χ1v) is 7.29. The Kier molecular flexibility index (Phi) is 11.6. The Morgan fingerprint density at radius 2 is 1.53 bits per heavy atom. The van der Waals surface area contributed by atoms with E-state index in [0.29, 0.717) is 6.42 Å². The van der Waals surface area contributed by atoms with Gasteiger partial charge in [-0.1, -0.05) is 64.7 Å². The van der Waals surface area contributed by atoms with Crippen molar-refractivity contribution < 1.29 is 4.79 Å². The first kappa shape index (κ1) is 16.5. The van der Waals surface area contributed by atoms with Gasteiger partial charge in [0.15, 0.2) is 0 Å². The van der Waals surface area contributed by atoms with Crippen LogP contribution in [0.25, 0.3) is 0 Å². The molecule has 0 fully saturated rings. The highest BCUT2D eigenvalue weighted by atomic mass is 32.1. The number of unbranched alkanes of at least 4 members (excludes halogenated alkanes) is 8. The van der Waals surface area contributed by atoms with E-state index in [-0.39, 0.29) is 5.12 Å². The zero-order chi connectivity index (χ0) is 12.9. The quantitative estimate of drug-likeness (QED) is 0.436. The highest BCUT2D eigenvalue weighted by molar-refractivity contribution is 7.96. The second kappa shape index (κ2) is 12.0. The molecule has 0 amide bonds. The van der Waals surface area contributed by atoms with Gasteiger partial charge < -0.3 is 0 Å². The van der Waals surface area contributed by atoms with Crippen molar-refractivity contribution in [3.8, 4) is 6.07 Å². The Morgan fingerprint density at radius 3 is 1.94 bits per heavy atom. The summed E-state index contributed by atoms with van der Waals surface area (Å²) in [5.41, 5.74) is 0. The van der Waals surface area contributed by atoms with Crippen LogP contribution in [0.5, 0.6) is 0 Å². The van der Waals surface area contributed by atoms with E-state index in [1.165, 1.54) is 44.9 Å². The predicted octanol–water partition coefficient (Wildman–Crippen LogP) is 4.50. The topological polar surface area (TPSA) is 40.9 Å². The minimum atomic E-state index is -0.497. The fourth-order valence-electron chi connectivity index (χ4n) is 1.90. The summed E-state index contributed by atoms with van der Waals surface area (Å²) >= 11 is 3.70. The van der Waals surface area contributed by atoms with E-state index >= 15 is 0 Å². The van der Waals surface area contributed by atoms with Crippen LogP contribution in [0, 0.1) is 17.2 Å². The highest BCUT2D eigenvalue weighted by Gasteiger charge is 2.12. The molecule has 1 atom stereocenters. The van der Waals surface area contributed by atoms with Crippen molar-refractivity contribution in [1.29, 1.82) is 5.26 Å². The van der Waals surface area contributed by atoms with Crippen LogP contribution in [0.4, 0.5) is 0 Å². The van der Waals surface area contributed by atoms with Crippen LogP contribution in [0.3, 0.4) is 0 Å². The van der Waals surface area contributed by atoms with E-state index in [4.69, 9.17) is 5.26 Å². The number of hydrogen-bond acceptors (Lipinski definition) is 2. The number of nitrogens with zero attached hydrogens (tertiary/aromatic N) is 1. The van der Waals surface area contributed by atoms with E-state index in [0.717, 1.165) is 12.8 Å². The molecule has 3 heteroatoms. The van der Waals surface area contributed by atoms with Crippen molar-refractivity contribution in [2.75, 3.05) is 0 Å². The van der Waals surface area contributed by atoms with Gasteiger partial charge in [0.2, 0.25) is 5.12 Å². The summed E-state index contributed by atoms with van der Waals surface area (Å²) in [6, 6.07) is 2.00. The van der Waals surface area contributed by atoms with Crippen molar-refractivity contribution in [3.63, 3.8) is 0 Å². The summed E-state index contributed by atoms with van der Waals surface area (Å²) in [6.45, 7) is 2.23. The van der Waals surface area contributed by atoms with E-state index in [1.807, 2.05) is 6.07 Å². The molecule has 0 aromatic carbocycles. The van der Waals surface area contributed by atoms with Crippen LogP contribution in [0.2, 0.25) is 0 Å². The van der Waals surface area contributed by atoms with Crippen molar-refractivity contribution in [2.45, 2.75) is 71.1 Å². The smallest absolute Gasteiger partial charge is 0.203 e. The molecule has 2 nitrogen and oxygen atoms in total. The average molecular weight is 255 g/mol. The lowest BCUT2D eigenvalue weighted by molar-refractivity contribution is -0.112. The predicted molar refractivity (Wildman–Crippen MR) is 74.9 cm³/mol. The molecule has 0 aromatic heterocycles. The molecule has 0 aliphatic rings.